The molecular formula is C22H24N2O. The van der Waals surface area contributed by atoms with E-state index < -0.39 is 0 Å². The van der Waals surface area contributed by atoms with E-state index in [-0.39, 0.29) is 5.41 Å². The standard InChI is InChI=1S/C22H24N2O/c1-13-8-7-9-17-20(13)25-19-11-10-16(22(4,5)6)12-18(19)24-15(3)14(2)23-21(17)24/h7-12H,1-6H3. The Kier molecular flexibility index (Phi) is 3.33. The van der Waals surface area contributed by atoms with Crippen LogP contribution in [0.15, 0.2) is 36.4 Å². The number of aryl methyl sites for hydroxylation is 2. The number of hydrogen-bond donors (Lipinski definition) is 0. The second-order valence-corrected chi connectivity index (χ2v) is 7.93. The van der Waals surface area contributed by atoms with Gasteiger partial charge in [0, 0.05) is 5.69 Å². The fraction of sp³-hybridized carbons (Fsp3) is 0.318. The van der Waals surface area contributed by atoms with Gasteiger partial charge in [-0.15, -0.1) is 0 Å². The van der Waals surface area contributed by atoms with E-state index in [2.05, 4.69) is 82.5 Å². The van der Waals surface area contributed by atoms with Crippen LogP contribution in [0, 0.1) is 20.8 Å². The van der Waals surface area contributed by atoms with Crippen LogP contribution in [0.5, 0.6) is 11.5 Å². The fourth-order valence-electron chi connectivity index (χ4n) is 3.40. The first-order valence-electron chi connectivity index (χ1n) is 8.76. The molecule has 25 heavy (non-hydrogen) atoms. The molecule has 0 amide bonds. The number of imidazole rings is 1. The van der Waals surface area contributed by atoms with Crippen molar-refractivity contribution in [1.82, 2.24) is 9.55 Å². The lowest BCUT2D eigenvalue weighted by atomic mass is 9.86. The Balaban J connectivity index is 2.10. The molecule has 0 radical (unpaired) electrons. The summed E-state index contributed by atoms with van der Waals surface area (Å²) in [6.45, 7) is 13.0. The molecular weight excluding hydrogens is 308 g/mol. The van der Waals surface area contributed by atoms with Crippen LogP contribution in [0.4, 0.5) is 0 Å². The number of benzene rings is 2. The molecule has 4 rings (SSSR count). The molecule has 0 spiro atoms. The summed E-state index contributed by atoms with van der Waals surface area (Å²) in [5.74, 6) is 2.73. The minimum absolute atomic E-state index is 0.0772. The molecule has 1 aliphatic rings. The molecule has 0 atom stereocenters. The van der Waals surface area contributed by atoms with Crippen LogP contribution in [0.1, 0.15) is 43.3 Å². The van der Waals surface area contributed by atoms with Crippen LogP contribution >= 0.6 is 0 Å². The summed E-state index contributed by atoms with van der Waals surface area (Å²) in [5.41, 5.74) is 6.80. The number of para-hydroxylation sites is 1. The van der Waals surface area contributed by atoms with Crippen molar-refractivity contribution in [3.63, 3.8) is 0 Å². The highest BCUT2D eigenvalue weighted by Gasteiger charge is 2.27. The van der Waals surface area contributed by atoms with Crippen LogP contribution in [0.3, 0.4) is 0 Å². The first kappa shape index (κ1) is 15.9. The lowest BCUT2D eigenvalue weighted by molar-refractivity contribution is 0.480. The molecule has 1 aromatic heterocycles. The van der Waals surface area contributed by atoms with Crippen molar-refractivity contribution in [2.24, 2.45) is 0 Å². The van der Waals surface area contributed by atoms with Crippen LogP contribution in [-0.4, -0.2) is 9.55 Å². The van der Waals surface area contributed by atoms with Crippen molar-refractivity contribution < 1.29 is 4.74 Å². The second kappa shape index (κ2) is 5.22. The first-order chi connectivity index (χ1) is 11.8. The van der Waals surface area contributed by atoms with Crippen LogP contribution in [0.2, 0.25) is 0 Å². The predicted octanol–water partition coefficient (Wildman–Crippen LogP) is 5.87. The van der Waals surface area contributed by atoms with Crippen molar-refractivity contribution >= 4 is 0 Å². The van der Waals surface area contributed by atoms with Crippen LogP contribution in [-0.2, 0) is 5.41 Å². The Hall–Kier alpha value is -2.55. The zero-order valence-electron chi connectivity index (χ0n) is 15.8. The zero-order chi connectivity index (χ0) is 17.9. The summed E-state index contributed by atoms with van der Waals surface area (Å²) < 4.78 is 8.62. The van der Waals surface area contributed by atoms with Crippen LogP contribution in [0.25, 0.3) is 17.1 Å². The van der Waals surface area contributed by atoms with E-state index >= 15 is 0 Å². The largest absolute Gasteiger partial charge is 0.454 e. The summed E-state index contributed by atoms with van der Waals surface area (Å²) in [5, 5.41) is 0. The second-order valence-electron chi connectivity index (χ2n) is 7.93. The molecule has 0 saturated heterocycles. The molecule has 3 nitrogen and oxygen atoms in total. The van der Waals surface area contributed by atoms with E-state index in [1.807, 2.05) is 0 Å². The molecule has 0 bridgehead atoms. The SMILES string of the molecule is Cc1cccc2c1Oc1ccc(C(C)(C)C)cc1-n1c-2nc(C)c1C. The molecule has 2 aromatic carbocycles. The summed E-state index contributed by atoms with van der Waals surface area (Å²) in [7, 11) is 0. The van der Waals surface area contributed by atoms with E-state index in [0.29, 0.717) is 0 Å². The normalized spacial score (nSPS) is 12.7. The predicted molar refractivity (Wildman–Crippen MR) is 102 cm³/mol. The van der Waals surface area contributed by atoms with Crippen molar-refractivity contribution in [1.29, 1.82) is 0 Å². The molecule has 0 N–H and O–H groups in total. The van der Waals surface area contributed by atoms with Gasteiger partial charge in [-0.05, 0) is 55.5 Å². The topological polar surface area (TPSA) is 27.1 Å². The molecule has 0 fully saturated rings. The molecule has 0 saturated carbocycles. The Bertz CT molecular complexity index is 990. The van der Waals surface area contributed by atoms with E-state index in [0.717, 1.165) is 45.5 Å². The monoisotopic (exact) mass is 332 g/mol. The van der Waals surface area contributed by atoms with E-state index in [4.69, 9.17) is 9.72 Å². The Morgan fingerprint density at radius 1 is 1.00 bits per heavy atom. The fourth-order valence-corrected chi connectivity index (χ4v) is 3.40. The number of nitrogens with zero attached hydrogens (tertiary/aromatic N) is 2. The third kappa shape index (κ3) is 2.38. The lowest BCUT2D eigenvalue weighted by Gasteiger charge is -2.21. The number of hydrogen-bond acceptors (Lipinski definition) is 2. The maximum Gasteiger partial charge on any atom is 0.151 e. The van der Waals surface area contributed by atoms with Crippen molar-refractivity contribution in [3.05, 3.63) is 58.9 Å². The maximum absolute atomic E-state index is 6.38. The maximum atomic E-state index is 6.38. The van der Waals surface area contributed by atoms with Crippen molar-refractivity contribution in [2.75, 3.05) is 0 Å². The summed E-state index contributed by atoms with van der Waals surface area (Å²) >= 11 is 0. The molecule has 128 valence electrons. The van der Waals surface area contributed by atoms with Gasteiger partial charge in [-0.25, -0.2) is 4.98 Å². The summed E-state index contributed by atoms with van der Waals surface area (Å²) in [4.78, 5) is 4.87. The van der Waals surface area contributed by atoms with Crippen molar-refractivity contribution in [3.8, 4) is 28.6 Å². The number of aromatic nitrogens is 2. The molecule has 0 unspecified atom stereocenters. The van der Waals surface area contributed by atoms with E-state index in [9.17, 15) is 0 Å². The quantitative estimate of drug-likeness (QED) is 0.403. The third-order valence-corrected chi connectivity index (χ3v) is 5.08. The summed E-state index contributed by atoms with van der Waals surface area (Å²) in [6.07, 6.45) is 0. The van der Waals surface area contributed by atoms with Gasteiger partial charge in [0.25, 0.3) is 0 Å². The minimum atomic E-state index is 0.0772. The van der Waals surface area contributed by atoms with Gasteiger partial charge in [-0.3, -0.25) is 4.57 Å². The molecule has 2 heterocycles. The average molecular weight is 332 g/mol. The van der Waals surface area contributed by atoms with Gasteiger partial charge >= 0.3 is 0 Å². The molecule has 0 aliphatic carbocycles. The number of ether oxygens (including phenoxy) is 1. The highest BCUT2D eigenvalue weighted by Crippen LogP contribution is 2.44. The Morgan fingerprint density at radius 2 is 1.76 bits per heavy atom. The van der Waals surface area contributed by atoms with Crippen molar-refractivity contribution in [2.45, 2.75) is 47.0 Å². The van der Waals surface area contributed by atoms with Gasteiger partial charge in [-0.1, -0.05) is 39.0 Å². The zero-order valence-corrected chi connectivity index (χ0v) is 15.8. The first-order valence-corrected chi connectivity index (χ1v) is 8.76. The van der Waals surface area contributed by atoms with Gasteiger partial charge in [0.1, 0.15) is 11.6 Å². The highest BCUT2D eigenvalue weighted by atomic mass is 16.5. The Morgan fingerprint density at radius 3 is 2.48 bits per heavy atom. The van der Waals surface area contributed by atoms with Crippen LogP contribution < -0.4 is 4.74 Å². The average Bonchev–Trinajstić information content (AvgIpc) is 2.75. The molecule has 3 aromatic rings. The van der Waals surface area contributed by atoms with Gasteiger partial charge in [0.2, 0.25) is 0 Å². The van der Waals surface area contributed by atoms with E-state index in [1.54, 1.807) is 0 Å². The smallest absolute Gasteiger partial charge is 0.151 e. The van der Waals surface area contributed by atoms with Gasteiger partial charge < -0.3 is 4.74 Å². The minimum Gasteiger partial charge on any atom is -0.454 e. The highest BCUT2D eigenvalue weighted by molar-refractivity contribution is 5.74. The third-order valence-electron chi connectivity index (χ3n) is 5.08. The van der Waals surface area contributed by atoms with E-state index in [1.165, 1.54) is 5.56 Å². The molecule has 1 aliphatic heterocycles. The van der Waals surface area contributed by atoms with Gasteiger partial charge in [-0.2, -0.15) is 0 Å². The number of fused-ring (bicyclic) bond motifs is 5. The van der Waals surface area contributed by atoms with Gasteiger partial charge in [0.15, 0.2) is 5.75 Å². The van der Waals surface area contributed by atoms with Gasteiger partial charge in [0.05, 0.1) is 16.9 Å². The Labute approximate surface area is 149 Å². The lowest BCUT2D eigenvalue weighted by Crippen LogP contribution is -2.12. The summed E-state index contributed by atoms with van der Waals surface area (Å²) in [6, 6.07) is 12.7. The molecule has 3 heteroatoms. The number of rotatable bonds is 0.